The maximum Gasteiger partial charge on any atom is 0.0929 e. The topological polar surface area (TPSA) is 19.4 Å². The van der Waals surface area contributed by atoms with E-state index in [0.717, 1.165) is 18.2 Å². The third-order valence-corrected chi connectivity index (χ3v) is 5.87. The van der Waals surface area contributed by atoms with Crippen LogP contribution in [0.15, 0.2) is 5.38 Å². The molecule has 5 heteroatoms. The Bertz CT molecular complexity index is 437. The van der Waals surface area contributed by atoms with Gasteiger partial charge in [-0.25, -0.2) is 4.98 Å². The Kier molecular flexibility index (Phi) is 4.97. The number of nitrogens with zero attached hydrogens (tertiary/aromatic N) is 3. The van der Waals surface area contributed by atoms with Gasteiger partial charge in [0.1, 0.15) is 0 Å². The van der Waals surface area contributed by atoms with Crippen molar-refractivity contribution in [3.05, 3.63) is 16.1 Å². The zero-order valence-corrected chi connectivity index (χ0v) is 13.8. The summed E-state index contributed by atoms with van der Waals surface area (Å²) in [5.41, 5.74) is 1.03. The molecule has 0 spiro atoms. The highest BCUT2D eigenvalue weighted by atomic mass is 35.5. The fourth-order valence-corrected chi connectivity index (χ4v) is 4.59. The van der Waals surface area contributed by atoms with E-state index in [2.05, 4.69) is 27.1 Å². The van der Waals surface area contributed by atoms with Gasteiger partial charge in [-0.15, -0.1) is 22.9 Å². The first-order chi connectivity index (χ1) is 9.76. The van der Waals surface area contributed by atoms with Crippen LogP contribution in [0.3, 0.4) is 0 Å². The highest BCUT2D eigenvalue weighted by Crippen LogP contribution is 2.24. The lowest BCUT2D eigenvalue weighted by Crippen LogP contribution is -2.55. The van der Waals surface area contributed by atoms with Crippen molar-refractivity contribution in [3.8, 4) is 0 Å². The molecular weight excluding hydrogens is 290 g/mol. The largest absolute Gasteiger partial charge is 0.298 e. The summed E-state index contributed by atoms with van der Waals surface area (Å²) in [6.45, 7) is 7.44. The van der Waals surface area contributed by atoms with Crippen LogP contribution in [0.1, 0.15) is 36.9 Å². The smallest absolute Gasteiger partial charge is 0.0929 e. The number of rotatable bonds is 5. The first kappa shape index (κ1) is 14.8. The van der Waals surface area contributed by atoms with Crippen LogP contribution < -0.4 is 0 Å². The fourth-order valence-electron chi connectivity index (χ4n) is 3.52. The van der Waals surface area contributed by atoms with Crippen molar-refractivity contribution in [2.45, 2.75) is 50.6 Å². The van der Waals surface area contributed by atoms with Gasteiger partial charge in [-0.05, 0) is 39.3 Å². The molecule has 0 N–H and O–H groups in total. The highest BCUT2D eigenvalue weighted by molar-refractivity contribution is 7.09. The molecule has 112 valence electrons. The maximum absolute atomic E-state index is 5.80. The summed E-state index contributed by atoms with van der Waals surface area (Å²) >= 11 is 7.55. The molecule has 3 rings (SSSR count). The number of aromatic nitrogens is 1. The number of hydrogen-bond acceptors (Lipinski definition) is 4. The fraction of sp³-hybridized carbons (Fsp3) is 0.800. The van der Waals surface area contributed by atoms with E-state index in [1.54, 1.807) is 11.3 Å². The Balaban J connectivity index is 1.45. The average molecular weight is 314 g/mol. The summed E-state index contributed by atoms with van der Waals surface area (Å²) in [5.74, 6) is 0.539. The van der Waals surface area contributed by atoms with E-state index in [1.165, 1.54) is 50.4 Å². The second-order valence-corrected chi connectivity index (χ2v) is 7.31. The molecule has 0 aliphatic carbocycles. The summed E-state index contributed by atoms with van der Waals surface area (Å²) in [5, 5.41) is 3.33. The summed E-state index contributed by atoms with van der Waals surface area (Å²) in [4.78, 5) is 9.92. The van der Waals surface area contributed by atoms with Gasteiger partial charge in [0.15, 0.2) is 0 Å². The van der Waals surface area contributed by atoms with Gasteiger partial charge in [0.25, 0.3) is 0 Å². The molecule has 0 saturated carbocycles. The monoisotopic (exact) mass is 313 g/mol. The van der Waals surface area contributed by atoms with Gasteiger partial charge in [-0.3, -0.25) is 9.80 Å². The van der Waals surface area contributed by atoms with Crippen LogP contribution in [0, 0.1) is 0 Å². The number of thiazole rings is 1. The normalized spacial score (nSPS) is 27.9. The van der Waals surface area contributed by atoms with Crippen LogP contribution in [0.4, 0.5) is 0 Å². The summed E-state index contributed by atoms with van der Waals surface area (Å²) in [6.07, 6.45) is 5.10. The molecule has 3 heterocycles. The lowest BCUT2D eigenvalue weighted by atomic mass is 10.1. The van der Waals surface area contributed by atoms with Crippen LogP contribution in [-0.4, -0.2) is 53.0 Å². The van der Waals surface area contributed by atoms with Crippen molar-refractivity contribution in [2.75, 3.05) is 26.2 Å². The second kappa shape index (κ2) is 6.73. The van der Waals surface area contributed by atoms with Gasteiger partial charge in [-0.1, -0.05) is 0 Å². The second-order valence-electron chi connectivity index (χ2n) is 6.10. The maximum atomic E-state index is 5.80. The lowest BCUT2D eigenvalue weighted by molar-refractivity contribution is 0.0589. The minimum Gasteiger partial charge on any atom is -0.298 e. The van der Waals surface area contributed by atoms with Crippen molar-refractivity contribution in [3.63, 3.8) is 0 Å². The Morgan fingerprint density at radius 3 is 3.15 bits per heavy atom. The van der Waals surface area contributed by atoms with Crippen molar-refractivity contribution in [2.24, 2.45) is 0 Å². The third-order valence-electron chi connectivity index (χ3n) is 4.64. The number of hydrogen-bond donors (Lipinski definition) is 0. The molecule has 2 fully saturated rings. The molecule has 2 aliphatic heterocycles. The highest BCUT2D eigenvalue weighted by Gasteiger charge is 2.33. The molecule has 2 saturated heterocycles. The number of aryl methyl sites for hydroxylation is 1. The molecule has 0 bridgehead atoms. The molecule has 2 unspecified atom stereocenters. The minimum absolute atomic E-state index is 0.539. The van der Waals surface area contributed by atoms with Gasteiger partial charge in [-0.2, -0.15) is 0 Å². The average Bonchev–Trinajstić information content (AvgIpc) is 3.07. The Morgan fingerprint density at radius 1 is 1.45 bits per heavy atom. The molecule has 0 amide bonds. The van der Waals surface area contributed by atoms with Gasteiger partial charge < -0.3 is 0 Å². The Morgan fingerprint density at radius 2 is 2.35 bits per heavy atom. The van der Waals surface area contributed by atoms with E-state index < -0.39 is 0 Å². The van der Waals surface area contributed by atoms with E-state index in [1.807, 2.05) is 0 Å². The molecule has 1 aromatic rings. The molecular formula is C15H24ClN3S. The van der Waals surface area contributed by atoms with E-state index in [-0.39, 0.29) is 0 Å². The molecule has 0 radical (unpaired) electrons. The first-order valence-electron chi connectivity index (χ1n) is 7.73. The van der Waals surface area contributed by atoms with Crippen LogP contribution in [0.25, 0.3) is 0 Å². The van der Waals surface area contributed by atoms with Gasteiger partial charge >= 0.3 is 0 Å². The van der Waals surface area contributed by atoms with Crippen molar-refractivity contribution in [1.82, 2.24) is 14.8 Å². The predicted octanol–water partition coefficient (Wildman–Crippen LogP) is 2.98. The van der Waals surface area contributed by atoms with Gasteiger partial charge in [0, 0.05) is 37.0 Å². The van der Waals surface area contributed by atoms with Crippen molar-refractivity contribution >= 4 is 22.9 Å². The van der Waals surface area contributed by atoms with E-state index in [9.17, 15) is 0 Å². The summed E-state index contributed by atoms with van der Waals surface area (Å²) in [6, 6.07) is 1.54. The van der Waals surface area contributed by atoms with Crippen LogP contribution in [-0.2, 0) is 12.3 Å². The third kappa shape index (κ3) is 3.35. The molecule has 2 atom stereocenters. The number of piperazine rings is 1. The molecule has 3 nitrogen and oxygen atoms in total. The molecule has 2 aliphatic rings. The predicted molar refractivity (Wildman–Crippen MR) is 85.6 cm³/mol. The molecule has 0 aromatic carbocycles. The lowest BCUT2D eigenvalue weighted by Gasteiger charge is -2.42. The van der Waals surface area contributed by atoms with Crippen LogP contribution >= 0.6 is 22.9 Å². The van der Waals surface area contributed by atoms with E-state index in [0.29, 0.717) is 11.9 Å². The minimum atomic E-state index is 0.539. The molecule has 1 aromatic heterocycles. The number of halogens is 1. The standard InChI is InChI=1S/C15H24ClN3S/c1-12-9-19-7-2-4-14(19)10-18(12)6-3-5-15-17-13(8-16)11-20-15/h11-12,14H,2-10H2,1H3. The van der Waals surface area contributed by atoms with Crippen molar-refractivity contribution < 1.29 is 0 Å². The van der Waals surface area contributed by atoms with E-state index in [4.69, 9.17) is 11.6 Å². The Hall–Kier alpha value is -0.160. The summed E-state index contributed by atoms with van der Waals surface area (Å²) in [7, 11) is 0. The number of fused-ring (bicyclic) bond motifs is 1. The van der Waals surface area contributed by atoms with Crippen molar-refractivity contribution in [1.29, 1.82) is 0 Å². The SMILES string of the molecule is CC1CN2CCCC2CN1CCCc1nc(CCl)cs1. The molecule has 20 heavy (non-hydrogen) atoms. The van der Waals surface area contributed by atoms with Gasteiger partial charge in [0.2, 0.25) is 0 Å². The Labute approximate surface area is 130 Å². The number of alkyl halides is 1. The summed E-state index contributed by atoms with van der Waals surface area (Å²) < 4.78 is 0. The van der Waals surface area contributed by atoms with E-state index >= 15 is 0 Å². The quantitative estimate of drug-likeness (QED) is 0.779. The van der Waals surface area contributed by atoms with Gasteiger partial charge in [0.05, 0.1) is 16.6 Å². The van der Waals surface area contributed by atoms with Crippen LogP contribution in [0.2, 0.25) is 0 Å². The zero-order valence-electron chi connectivity index (χ0n) is 12.2. The first-order valence-corrected chi connectivity index (χ1v) is 9.15. The zero-order chi connectivity index (χ0) is 13.9. The van der Waals surface area contributed by atoms with Crippen LogP contribution in [0.5, 0.6) is 0 Å².